The predicted molar refractivity (Wildman–Crippen MR) is 98.9 cm³/mol. The molecule has 1 N–H and O–H groups in total. The van der Waals surface area contributed by atoms with Gasteiger partial charge in [0.2, 0.25) is 5.95 Å². The normalized spacial score (nSPS) is 15.3. The van der Waals surface area contributed by atoms with Crippen molar-refractivity contribution >= 4 is 12.0 Å². The number of nitrogens with one attached hydrogen (secondary N) is 1. The molecule has 6 nitrogen and oxygen atoms in total. The molecule has 2 heterocycles. The van der Waals surface area contributed by atoms with Gasteiger partial charge in [0.25, 0.3) is 12.3 Å². The van der Waals surface area contributed by atoms with Crippen molar-refractivity contribution < 1.29 is 27.1 Å². The molecule has 0 bridgehead atoms. The number of benzene rings is 1. The number of hydrogen-bond acceptors (Lipinski definition) is 5. The summed E-state index contributed by atoms with van der Waals surface area (Å²) >= 11 is 0. The first kappa shape index (κ1) is 22.4. The summed E-state index contributed by atoms with van der Waals surface area (Å²) in [5, 5.41) is 2.80. The zero-order valence-electron chi connectivity index (χ0n) is 15.8. The third kappa shape index (κ3) is 7.55. The van der Waals surface area contributed by atoms with Gasteiger partial charge >= 0.3 is 6.09 Å². The van der Waals surface area contributed by atoms with E-state index in [9.17, 15) is 22.4 Å². The molecule has 0 spiro atoms. The van der Waals surface area contributed by atoms with Gasteiger partial charge in [-0.05, 0) is 18.1 Å². The van der Waals surface area contributed by atoms with Crippen LogP contribution in [0.25, 0.3) is 0 Å². The Hall–Kier alpha value is -2.91. The summed E-state index contributed by atoms with van der Waals surface area (Å²) in [5.74, 6) is -2.22. The summed E-state index contributed by atoms with van der Waals surface area (Å²) in [4.78, 5) is 20.4. The van der Waals surface area contributed by atoms with E-state index in [1.807, 2.05) is 0 Å². The molecule has 1 aromatic heterocycles. The molecule has 2 aromatic rings. The molecule has 1 fully saturated rings. The van der Waals surface area contributed by atoms with E-state index >= 15 is 0 Å². The molecule has 1 amide bonds. The molecule has 0 radical (unpaired) electrons. The highest BCUT2D eigenvalue weighted by molar-refractivity contribution is 5.67. The van der Waals surface area contributed by atoms with Gasteiger partial charge in [0.1, 0.15) is 6.61 Å². The molecule has 1 aliphatic rings. The number of carbonyl (C=O) groups is 1. The maximum atomic E-state index is 13.2. The predicted octanol–water partition coefficient (Wildman–Crippen LogP) is 4.51. The minimum absolute atomic E-state index is 0.124. The molecular weight excluding hydrogens is 392 g/mol. The highest BCUT2D eigenvalue weighted by Gasteiger charge is 2.37. The number of nitrogens with zero attached hydrogens (tertiary/aromatic N) is 3. The fraction of sp³-hybridized carbons (Fsp3) is 0.421. The van der Waals surface area contributed by atoms with E-state index in [-0.39, 0.29) is 31.6 Å². The first-order chi connectivity index (χ1) is 13.8. The van der Waals surface area contributed by atoms with E-state index in [0.717, 1.165) is 4.90 Å². The average Bonchev–Trinajstić information content (AvgIpc) is 2.72. The highest BCUT2D eigenvalue weighted by atomic mass is 19.3. The Balaban J connectivity index is 0.000000313. The van der Waals surface area contributed by atoms with Gasteiger partial charge in [-0.2, -0.15) is 0 Å². The lowest BCUT2D eigenvalue weighted by Crippen LogP contribution is -2.45. The molecule has 3 rings (SSSR count). The van der Waals surface area contributed by atoms with Crippen LogP contribution in [-0.4, -0.2) is 47.0 Å². The quantitative estimate of drug-likeness (QED) is 0.746. The van der Waals surface area contributed by atoms with Crippen molar-refractivity contribution in [3.8, 4) is 0 Å². The minimum atomic E-state index is -2.88. The first-order valence-corrected chi connectivity index (χ1v) is 8.92. The van der Waals surface area contributed by atoms with E-state index in [1.165, 1.54) is 24.3 Å². The van der Waals surface area contributed by atoms with Crippen molar-refractivity contribution in [2.24, 2.45) is 0 Å². The van der Waals surface area contributed by atoms with Gasteiger partial charge < -0.3 is 15.0 Å². The number of likely N-dealkylation sites (tertiary alicyclic amines) is 1. The second-order valence-electron chi connectivity index (χ2n) is 6.30. The van der Waals surface area contributed by atoms with E-state index in [1.54, 1.807) is 25.5 Å². The molecule has 158 valence electrons. The maximum Gasteiger partial charge on any atom is 0.410 e. The number of halogens is 4. The van der Waals surface area contributed by atoms with Gasteiger partial charge in [0.15, 0.2) is 0 Å². The SMILES string of the molecule is CNc1ncccn1.O=C(OCc1ccc(C(F)F)cc1)N1CCCC(F)(F)C1. The number of ether oxygens (including phenoxy) is 1. The van der Waals surface area contributed by atoms with Gasteiger partial charge in [-0.1, -0.05) is 24.3 Å². The van der Waals surface area contributed by atoms with Gasteiger partial charge in [0.05, 0.1) is 6.54 Å². The van der Waals surface area contributed by atoms with Crippen LogP contribution in [0.4, 0.5) is 28.3 Å². The number of carbonyl (C=O) groups excluding carboxylic acids is 1. The average molecular weight is 414 g/mol. The summed E-state index contributed by atoms with van der Waals surface area (Å²) in [6.07, 6.45) is 0.0128. The van der Waals surface area contributed by atoms with Crippen LogP contribution in [0.5, 0.6) is 0 Å². The van der Waals surface area contributed by atoms with Crippen LogP contribution in [0.3, 0.4) is 0 Å². The lowest BCUT2D eigenvalue weighted by atomic mass is 10.1. The fourth-order valence-corrected chi connectivity index (χ4v) is 2.55. The third-order valence-electron chi connectivity index (χ3n) is 4.03. The molecule has 0 unspecified atom stereocenters. The Kier molecular flexibility index (Phi) is 8.17. The number of aromatic nitrogens is 2. The van der Waals surface area contributed by atoms with E-state index in [2.05, 4.69) is 15.3 Å². The summed E-state index contributed by atoms with van der Waals surface area (Å²) in [6, 6.07) is 7.09. The van der Waals surface area contributed by atoms with Crippen molar-refractivity contribution in [1.29, 1.82) is 0 Å². The topological polar surface area (TPSA) is 67.3 Å². The zero-order chi connectivity index (χ0) is 21.3. The number of anilines is 1. The van der Waals surface area contributed by atoms with Crippen molar-refractivity contribution in [2.75, 3.05) is 25.5 Å². The second-order valence-corrected chi connectivity index (χ2v) is 6.30. The molecule has 1 aliphatic heterocycles. The number of amides is 1. The van der Waals surface area contributed by atoms with Crippen molar-refractivity contribution in [3.05, 3.63) is 53.9 Å². The Morgan fingerprint density at radius 1 is 1.24 bits per heavy atom. The summed E-state index contributed by atoms with van der Waals surface area (Å²) in [7, 11) is 1.79. The van der Waals surface area contributed by atoms with Crippen LogP contribution in [-0.2, 0) is 11.3 Å². The molecule has 1 aromatic carbocycles. The third-order valence-corrected chi connectivity index (χ3v) is 4.03. The summed E-state index contributed by atoms with van der Waals surface area (Å²) in [5.41, 5.74) is 0.400. The minimum Gasteiger partial charge on any atom is -0.445 e. The molecular formula is C19H22F4N4O2. The van der Waals surface area contributed by atoms with Gasteiger partial charge in [0, 0.05) is 38.0 Å². The van der Waals surface area contributed by atoms with Crippen LogP contribution < -0.4 is 5.32 Å². The largest absolute Gasteiger partial charge is 0.445 e. The van der Waals surface area contributed by atoms with Crippen molar-refractivity contribution in [2.45, 2.75) is 31.8 Å². The molecule has 0 saturated carbocycles. The maximum absolute atomic E-state index is 13.2. The number of alkyl halides is 4. The second kappa shape index (κ2) is 10.6. The van der Waals surface area contributed by atoms with Crippen LogP contribution in [0.1, 0.15) is 30.4 Å². The summed E-state index contributed by atoms with van der Waals surface area (Å²) < 4.78 is 56.0. The van der Waals surface area contributed by atoms with Crippen LogP contribution in [0.15, 0.2) is 42.7 Å². The number of hydrogen-bond donors (Lipinski definition) is 1. The first-order valence-electron chi connectivity index (χ1n) is 8.92. The van der Waals surface area contributed by atoms with Crippen molar-refractivity contribution in [3.63, 3.8) is 0 Å². The Labute approximate surface area is 165 Å². The van der Waals surface area contributed by atoms with E-state index < -0.39 is 25.0 Å². The lowest BCUT2D eigenvalue weighted by Gasteiger charge is -2.31. The molecule has 1 saturated heterocycles. The highest BCUT2D eigenvalue weighted by Crippen LogP contribution is 2.27. The Morgan fingerprint density at radius 3 is 2.41 bits per heavy atom. The smallest absolute Gasteiger partial charge is 0.410 e. The Bertz CT molecular complexity index is 761. The fourth-order valence-electron chi connectivity index (χ4n) is 2.55. The number of piperidine rings is 1. The van der Waals surface area contributed by atoms with Gasteiger partial charge in [-0.15, -0.1) is 0 Å². The molecule has 0 aliphatic carbocycles. The van der Waals surface area contributed by atoms with Gasteiger partial charge in [-0.3, -0.25) is 0 Å². The van der Waals surface area contributed by atoms with Gasteiger partial charge in [-0.25, -0.2) is 32.3 Å². The zero-order valence-corrected chi connectivity index (χ0v) is 15.8. The van der Waals surface area contributed by atoms with Crippen LogP contribution in [0, 0.1) is 0 Å². The number of rotatable bonds is 4. The molecule has 10 heteroatoms. The molecule has 29 heavy (non-hydrogen) atoms. The van der Waals surface area contributed by atoms with Crippen LogP contribution >= 0.6 is 0 Å². The lowest BCUT2D eigenvalue weighted by molar-refractivity contribution is -0.0611. The molecule has 0 atom stereocenters. The monoisotopic (exact) mass is 414 g/mol. The van der Waals surface area contributed by atoms with E-state index in [0.29, 0.717) is 11.5 Å². The van der Waals surface area contributed by atoms with Crippen LogP contribution in [0.2, 0.25) is 0 Å². The van der Waals surface area contributed by atoms with E-state index in [4.69, 9.17) is 4.74 Å². The summed E-state index contributed by atoms with van der Waals surface area (Å²) in [6.45, 7) is -0.542. The Morgan fingerprint density at radius 2 is 1.90 bits per heavy atom. The van der Waals surface area contributed by atoms with Crippen molar-refractivity contribution in [1.82, 2.24) is 14.9 Å². The standard InChI is InChI=1S/C14H15F4NO2.C5H7N3/c15-12(16)11-4-2-10(3-5-11)8-21-13(20)19-7-1-6-14(17,18)9-19;1-6-5-7-3-2-4-8-5/h2-5,12H,1,6-9H2;2-4H,1H3,(H,6,7,8).